The monoisotopic (exact) mass is 284 g/mol. The first-order chi connectivity index (χ1) is 10.1. The molecule has 0 fully saturated rings. The first-order valence-electron chi connectivity index (χ1n) is 7.23. The minimum Gasteiger partial charge on any atom is -0.497 e. The summed E-state index contributed by atoms with van der Waals surface area (Å²) in [5.74, 6) is 0.845. The number of benzene rings is 1. The summed E-state index contributed by atoms with van der Waals surface area (Å²) < 4.78 is 7.43. The Bertz CT molecular complexity index is 658. The highest BCUT2D eigenvalue weighted by molar-refractivity contribution is 5.94. The van der Waals surface area contributed by atoms with E-state index >= 15 is 0 Å². The Morgan fingerprint density at radius 2 is 1.86 bits per heavy atom. The van der Waals surface area contributed by atoms with E-state index in [1.54, 1.807) is 7.11 Å². The van der Waals surface area contributed by atoms with Crippen molar-refractivity contribution in [3.05, 3.63) is 53.3 Å². The maximum atomic E-state index is 12.7. The molecular weight excluding hydrogens is 264 g/mol. The minimum absolute atomic E-state index is 0.0789. The van der Waals surface area contributed by atoms with Gasteiger partial charge in [-0.25, -0.2) is 0 Å². The van der Waals surface area contributed by atoms with Gasteiger partial charge in [-0.15, -0.1) is 0 Å². The molecule has 0 spiro atoms. The zero-order chi connectivity index (χ0) is 15.0. The Morgan fingerprint density at radius 1 is 1.14 bits per heavy atom. The lowest BCUT2D eigenvalue weighted by Crippen LogP contribution is -2.41. The number of amides is 1. The second kappa shape index (κ2) is 5.28. The van der Waals surface area contributed by atoms with Crippen LogP contribution in [-0.4, -0.2) is 29.0 Å². The zero-order valence-electron chi connectivity index (χ0n) is 12.7. The van der Waals surface area contributed by atoms with Gasteiger partial charge in [-0.1, -0.05) is 0 Å². The van der Waals surface area contributed by atoms with Crippen molar-refractivity contribution in [2.75, 3.05) is 13.7 Å². The second-order valence-corrected chi connectivity index (χ2v) is 5.45. The van der Waals surface area contributed by atoms with E-state index in [0.717, 1.165) is 18.8 Å². The summed E-state index contributed by atoms with van der Waals surface area (Å²) in [6, 6.07) is 11.6. The van der Waals surface area contributed by atoms with Crippen molar-refractivity contribution in [2.24, 2.45) is 0 Å². The van der Waals surface area contributed by atoms with E-state index in [4.69, 9.17) is 4.74 Å². The quantitative estimate of drug-likeness (QED) is 0.849. The van der Waals surface area contributed by atoms with Gasteiger partial charge in [0.1, 0.15) is 5.75 Å². The molecule has 0 unspecified atom stereocenters. The number of fused-ring (bicyclic) bond motifs is 1. The first-order valence-corrected chi connectivity index (χ1v) is 7.23. The largest absolute Gasteiger partial charge is 0.497 e. The van der Waals surface area contributed by atoms with Crippen LogP contribution in [0.2, 0.25) is 0 Å². The molecule has 110 valence electrons. The van der Waals surface area contributed by atoms with Crippen LogP contribution in [0.3, 0.4) is 0 Å². The average molecular weight is 284 g/mol. The molecule has 2 aromatic rings. The van der Waals surface area contributed by atoms with E-state index in [9.17, 15) is 4.79 Å². The van der Waals surface area contributed by atoms with Crippen molar-refractivity contribution in [3.8, 4) is 5.75 Å². The van der Waals surface area contributed by atoms with Crippen LogP contribution in [0.25, 0.3) is 0 Å². The number of methoxy groups -OCH3 is 1. The Hall–Kier alpha value is -2.23. The van der Waals surface area contributed by atoms with Gasteiger partial charge in [0.25, 0.3) is 5.91 Å². The number of aromatic nitrogens is 1. The average Bonchev–Trinajstić information content (AvgIpc) is 2.89. The molecule has 1 aromatic heterocycles. The standard InChI is InChI=1S/C17H20N2O2/c1-12-4-9-16-13(2)19(11-10-18(12)16)17(20)14-5-7-15(21-3)8-6-14/h4-9,13H,10-11H2,1-3H3/t13-/m0/s1. The van der Waals surface area contributed by atoms with Gasteiger partial charge in [0.05, 0.1) is 13.2 Å². The van der Waals surface area contributed by atoms with Crippen molar-refractivity contribution < 1.29 is 9.53 Å². The molecule has 2 heterocycles. The molecule has 0 saturated heterocycles. The van der Waals surface area contributed by atoms with Crippen LogP contribution >= 0.6 is 0 Å². The minimum atomic E-state index is 0.0789. The topological polar surface area (TPSA) is 34.5 Å². The summed E-state index contributed by atoms with van der Waals surface area (Å²) in [7, 11) is 1.63. The number of ether oxygens (including phenoxy) is 1. The van der Waals surface area contributed by atoms with Crippen molar-refractivity contribution in [2.45, 2.75) is 26.4 Å². The molecule has 3 rings (SSSR count). The van der Waals surface area contributed by atoms with Gasteiger partial charge >= 0.3 is 0 Å². The van der Waals surface area contributed by atoms with Gasteiger partial charge in [0, 0.05) is 30.0 Å². The normalized spacial score (nSPS) is 17.5. The van der Waals surface area contributed by atoms with Crippen molar-refractivity contribution in [3.63, 3.8) is 0 Å². The predicted octanol–water partition coefficient (Wildman–Crippen LogP) is 3.02. The number of hydrogen-bond donors (Lipinski definition) is 0. The Balaban J connectivity index is 1.85. The Kier molecular flexibility index (Phi) is 3.45. The fraction of sp³-hybridized carbons (Fsp3) is 0.353. The maximum Gasteiger partial charge on any atom is 0.254 e. The van der Waals surface area contributed by atoms with Gasteiger partial charge in [-0.2, -0.15) is 0 Å². The van der Waals surface area contributed by atoms with E-state index in [-0.39, 0.29) is 11.9 Å². The summed E-state index contributed by atoms with van der Waals surface area (Å²) in [5.41, 5.74) is 3.17. The zero-order valence-corrected chi connectivity index (χ0v) is 12.7. The summed E-state index contributed by atoms with van der Waals surface area (Å²) in [6.45, 7) is 5.80. The molecule has 0 saturated carbocycles. The molecule has 4 heteroatoms. The lowest BCUT2D eigenvalue weighted by atomic mass is 10.1. The highest BCUT2D eigenvalue weighted by atomic mass is 16.5. The molecule has 1 amide bonds. The van der Waals surface area contributed by atoms with Crippen molar-refractivity contribution >= 4 is 5.91 Å². The van der Waals surface area contributed by atoms with Crippen LogP contribution in [0.5, 0.6) is 5.75 Å². The molecule has 0 radical (unpaired) electrons. The van der Waals surface area contributed by atoms with E-state index in [1.165, 1.54) is 11.4 Å². The molecule has 1 aliphatic heterocycles. The molecule has 0 N–H and O–H groups in total. The molecule has 1 aromatic carbocycles. The number of carbonyl (C=O) groups is 1. The van der Waals surface area contributed by atoms with Crippen LogP contribution in [0.4, 0.5) is 0 Å². The van der Waals surface area contributed by atoms with E-state index in [1.807, 2.05) is 29.2 Å². The Labute approximate surface area is 124 Å². The highest BCUT2D eigenvalue weighted by Gasteiger charge is 2.28. The van der Waals surface area contributed by atoms with E-state index in [0.29, 0.717) is 5.56 Å². The number of aryl methyl sites for hydroxylation is 1. The van der Waals surface area contributed by atoms with Crippen LogP contribution in [-0.2, 0) is 6.54 Å². The second-order valence-electron chi connectivity index (χ2n) is 5.45. The first kappa shape index (κ1) is 13.7. The predicted molar refractivity (Wildman–Crippen MR) is 81.6 cm³/mol. The van der Waals surface area contributed by atoms with Crippen LogP contribution in [0.15, 0.2) is 36.4 Å². The third kappa shape index (κ3) is 2.31. The lowest BCUT2D eigenvalue weighted by Gasteiger charge is -2.35. The fourth-order valence-corrected chi connectivity index (χ4v) is 3.00. The molecule has 0 aliphatic carbocycles. The number of carbonyl (C=O) groups excluding carboxylic acids is 1. The van der Waals surface area contributed by atoms with Gasteiger partial charge in [0.15, 0.2) is 0 Å². The highest BCUT2D eigenvalue weighted by Crippen LogP contribution is 2.28. The molecule has 0 bridgehead atoms. The summed E-state index contributed by atoms with van der Waals surface area (Å²) >= 11 is 0. The van der Waals surface area contributed by atoms with Gasteiger partial charge in [0.2, 0.25) is 0 Å². The molecule has 21 heavy (non-hydrogen) atoms. The number of rotatable bonds is 2. The van der Waals surface area contributed by atoms with Crippen molar-refractivity contribution in [1.29, 1.82) is 0 Å². The SMILES string of the molecule is COc1ccc(C(=O)N2CCn3c(C)ccc3[C@@H]2C)cc1. The van der Waals surface area contributed by atoms with Crippen LogP contribution in [0, 0.1) is 6.92 Å². The van der Waals surface area contributed by atoms with Crippen LogP contribution in [0.1, 0.15) is 34.7 Å². The third-order valence-corrected chi connectivity index (χ3v) is 4.29. The van der Waals surface area contributed by atoms with Crippen molar-refractivity contribution in [1.82, 2.24) is 9.47 Å². The van der Waals surface area contributed by atoms with Crippen LogP contribution < -0.4 is 4.74 Å². The smallest absolute Gasteiger partial charge is 0.254 e. The lowest BCUT2D eigenvalue weighted by molar-refractivity contribution is 0.0643. The van der Waals surface area contributed by atoms with Gasteiger partial charge < -0.3 is 14.2 Å². The molecule has 4 nitrogen and oxygen atoms in total. The Morgan fingerprint density at radius 3 is 2.52 bits per heavy atom. The molecule has 1 atom stereocenters. The summed E-state index contributed by atoms with van der Waals surface area (Å²) in [5, 5.41) is 0. The van der Waals surface area contributed by atoms with E-state index in [2.05, 4.69) is 30.5 Å². The summed E-state index contributed by atoms with van der Waals surface area (Å²) in [6.07, 6.45) is 0. The third-order valence-electron chi connectivity index (χ3n) is 4.29. The number of nitrogens with zero attached hydrogens (tertiary/aromatic N) is 2. The molecule has 1 aliphatic rings. The number of hydrogen-bond acceptors (Lipinski definition) is 2. The molecular formula is C17H20N2O2. The van der Waals surface area contributed by atoms with Gasteiger partial charge in [-0.05, 0) is 50.2 Å². The maximum absolute atomic E-state index is 12.7. The fourth-order valence-electron chi connectivity index (χ4n) is 3.00. The van der Waals surface area contributed by atoms with Gasteiger partial charge in [-0.3, -0.25) is 4.79 Å². The van der Waals surface area contributed by atoms with E-state index < -0.39 is 0 Å². The summed E-state index contributed by atoms with van der Waals surface area (Å²) in [4.78, 5) is 14.6.